The Morgan fingerprint density at radius 3 is 2.47 bits per heavy atom. The highest BCUT2D eigenvalue weighted by atomic mass is 79.9. The largest absolute Gasteiger partial charge is 0.494 e. The number of hydrogen-bond acceptors (Lipinski definition) is 4. The molecule has 0 atom stereocenters. The number of hydrogen-bond donors (Lipinski definition) is 1. The number of amides is 1. The average molecular weight is 532 g/mol. The topological polar surface area (TPSA) is 59.9 Å². The first-order chi connectivity index (χ1) is 14.5. The number of nitrogens with one attached hydrogen (secondary N) is 1. The van der Waals surface area contributed by atoms with Crippen LogP contribution in [-0.2, 0) is 4.79 Å². The summed E-state index contributed by atoms with van der Waals surface area (Å²) in [4.78, 5) is 16.7. The van der Waals surface area contributed by atoms with Gasteiger partial charge in [-0.25, -0.2) is 0 Å². The second-order valence-corrected chi connectivity index (χ2v) is 7.96. The second-order valence-electron chi connectivity index (χ2n) is 6.19. The van der Waals surface area contributed by atoms with E-state index in [-0.39, 0.29) is 12.5 Å². The minimum atomic E-state index is -0.245. The maximum Gasteiger partial charge on any atom is 0.262 e. The number of benzene rings is 3. The molecule has 0 saturated carbocycles. The number of nitrogens with zero attached hydrogens (tertiary/aromatic N) is 1. The van der Waals surface area contributed by atoms with Gasteiger partial charge in [0, 0.05) is 21.9 Å². The van der Waals surface area contributed by atoms with Crippen LogP contribution in [0.4, 0.5) is 11.4 Å². The van der Waals surface area contributed by atoms with Gasteiger partial charge in [-0.2, -0.15) is 0 Å². The molecule has 0 aliphatic carbocycles. The predicted molar refractivity (Wildman–Crippen MR) is 127 cm³/mol. The highest BCUT2D eigenvalue weighted by Crippen LogP contribution is 2.32. The molecule has 5 nitrogen and oxygen atoms in total. The van der Waals surface area contributed by atoms with Crippen LogP contribution in [0, 0.1) is 0 Å². The van der Waals surface area contributed by atoms with Crippen molar-refractivity contribution in [1.82, 2.24) is 0 Å². The zero-order valence-corrected chi connectivity index (χ0v) is 19.4. The van der Waals surface area contributed by atoms with Gasteiger partial charge in [0.25, 0.3) is 5.91 Å². The van der Waals surface area contributed by atoms with E-state index in [1.165, 1.54) is 0 Å². The number of anilines is 1. The number of carbonyl (C=O) groups excluding carboxylic acids is 1. The Bertz CT molecular complexity index is 1020. The van der Waals surface area contributed by atoms with Crippen LogP contribution in [0.5, 0.6) is 11.5 Å². The van der Waals surface area contributed by atoms with Gasteiger partial charge in [0.15, 0.2) is 6.61 Å². The number of para-hydroxylation sites is 1. The predicted octanol–water partition coefficient (Wildman–Crippen LogP) is 6.38. The Hall–Kier alpha value is -2.64. The normalized spacial score (nSPS) is 10.8. The van der Waals surface area contributed by atoms with E-state index >= 15 is 0 Å². The Balaban J connectivity index is 1.72. The highest BCUT2D eigenvalue weighted by molar-refractivity contribution is 9.11. The maximum absolute atomic E-state index is 12.2. The van der Waals surface area contributed by atoms with Crippen molar-refractivity contribution >= 4 is 55.4 Å². The van der Waals surface area contributed by atoms with E-state index in [2.05, 4.69) is 42.2 Å². The summed E-state index contributed by atoms with van der Waals surface area (Å²) in [7, 11) is 0. The van der Waals surface area contributed by atoms with Crippen molar-refractivity contribution in [3.63, 3.8) is 0 Å². The van der Waals surface area contributed by atoms with Gasteiger partial charge in [-0.05, 0) is 71.4 Å². The molecule has 1 amide bonds. The highest BCUT2D eigenvalue weighted by Gasteiger charge is 2.12. The number of ether oxygens (including phenoxy) is 2. The standard InChI is InChI=1S/C23H20Br2N2O3/c1-2-29-20-10-8-18(9-11-20)26-14-16-12-17(24)13-21(25)23(16)30-15-22(28)27-19-6-4-3-5-7-19/h3-14H,2,15H2,1H3,(H,27,28). The molecule has 0 aliphatic rings. The first kappa shape index (κ1) is 22.1. The third-order valence-electron chi connectivity index (χ3n) is 3.94. The van der Waals surface area contributed by atoms with Crippen LogP contribution in [0.25, 0.3) is 0 Å². The van der Waals surface area contributed by atoms with Gasteiger partial charge in [0.2, 0.25) is 0 Å². The van der Waals surface area contributed by atoms with Crippen LogP contribution in [0.2, 0.25) is 0 Å². The van der Waals surface area contributed by atoms with Crippen molar-refractivity contribution in [1.29, 1.82) is 0 Å². The van der Waals surface area contributed by atoms with E-state index in [9.17, 15) is 4.79 Å². The molecule has 0 aromatic heterocycles. The summed E-state index contributed by atoms with van der Waals surface area (Å²) >= 11 is 6.98. The summed E-state index contributed by atoms with van der Waals surface area (Å²) in [5.41, 5.74) is 2.23. The fourth-order valence-electron chi connectivity index (χ4n) is 2.62. The van der Waals surface area contributed by atoms with Crippen molar-refractivity contribution in [3.05, 3.63) is 81.2 Å². The molecule has 0 fully saturated rings. The van der Waals surface area contributed by atoms with E-state index in [0.29, 0.717) is 12.4 Å². The summed E-state index contributed by atoms with van der Waals surface area (Å²) in [6.45, 7) is 2.44. The van der Waals surface area contributed by atoms with Crippen molar-refractivity contribution in [2.75, 3.05) is 18.5 Å². The van der Waals surface area contributed by atoms with E-state index in [4.69, 9.17) is 9.47 Å². The molecule has 7 heteroatoms. The van der Waals surface area contributed by atoms with Crippen LogP contribution < -0.4 is 14.8 Å². The van der Waals surface area contributed by atoms with E-state index in [1.54, 1.807) is 6.21 Å². The quantitative estimate of drug-likeness (QED) is 0.343. The molecule has 3 aromatic carbocycles. The maximum atomic E-state index is 12.2. The molecule has 3 aromatic rings. The lowest BCUT2D eigenvalue weighted by Gasteiger charge is -2.12. The molecule has 0 bridgehead atoms. The van der Waals surface area contributed by atoms with E-state index in [1.807, 2.05) is 73.7 Å². The average Bonchev–Trinajstić information content (AvgIpc) is 2.73. The monoisotopic (exact) mass is 530 g/mol. The van der Waals surface area contributed by atoms with Gasteiger partial charge >= 0.3 is 0 Å². The Morgan fingerprint density at radius 1 is 1.03 bits per heavy atom. The lowest BCUT2D eigenvalue weighted by Crippen LogP contribution is -2.20. The van der Waals surface area contributed by atoms with Crippen LogP contribution in [-0.4, -0.2) is 25.3 Å². The van der Waals surface area contributed by atoms with Gasteiger partial charge in [0.1, 0.15) is 11.5 Å². The Kier molecular flexibility index (Phi) is 8.04. The van der Waals surface area contributed by atoms with Crippen LogP contribution in [0.1, 0.15) is 12.5 Å². The van der Waals surface area contributed by atoms with Crippen LogP contribution >= 0.6 is 31.9 Å². The molecule has 0 radical (unpaired) electrons. The zero-order chi connectivity index (χ0) is 21.3. The summed E-state index contributed by atoms with van der Waals surface area (Å²) in [5.74, 6) is 1.09. The number of aliphatic imine (C=N–C) groups is 1. The third-order valence-corrected chi connectivity index (χ3v) is 4.99. The summed E-state index contributed by atoms with van der Waals surface area (Å²) in [6, 6.07) is 20.5. The smallest absolute Gasteiger partial charge is 0.262 e. The Labute approximate surface area is 192 Å². The van der Waals surface area contributed by atoms with Crippen molar-refractivity contribution < 1.29 is 14.3 Å². The lowest BCUT2D eigenvalue weighted by molar-refractivity contribution is -0.118. The molecule has 0 saturated heterocycles. The molecular weight excluding hydrogens is 512 g/mol. The van der Waals surface area contributed by atoms with Crippen LogP contribution in [0.15, 0.2) is 80.7 Å². The zero-order valence-electron chi connectivity index (χ0n) is 16.3. The molecule has 30 heavy (non-hydrogen) atoms. The van der Waals surface area contributed by atoms with E-state index in [0.717, 1.165) is 31.6 Å². The van der Waals surface area contributed by atoms with Gasteiger partial charge in [-0.3, -0.25) is 9.79 Å². The molecular formula is C23H20Br2N2O3. The molecule has 0 aliphatic heterocycles. The van der Waals surface area contributed by atoms with E-state index < -0.39 is 0 Å². The first-order valence-electron chi connectivity index (χ1n) is 9.29. The van der Waals surface area contributed by atoms with Crippen molar-refractivity contribution in [3.8, 4) is 11.5 Å². The minimum Gasteiger partial charge on any atom is -0.494 e. The van der Waals surface area contributed by atoms with Crippen molar-refractivity contribution in [2.24, 2.45) is 4.99 Å². The lowest BCUT2D eigenvalue weighted by atomic mass is 10.2. The summed E-state index contributed by atoms with van der Waals surface area (Å²) in [5, 5.41) is 2.80. The molecule has 0 spiro atoms. The number of carbonyl (C=O) groups is 1. The molecule has 0 unspecified atom stereocenters. The first-order valence-corrected chi connectivity index (χ1v) is 10.9. The van der Waals surface area contributed by atoms with Gasteiger partial charge in [-0.1, -0.05) is 34.1 Å². The van der Waals surface area contributed by atoms with Gasteiger partial charge in [0.05, 0.1) is 16.8 Å². The van der Waals surface area contributed by atoms with Crippen molar-refractivity contribution in [2.45, 2.75) is 6.92 Å². The Morgan fingerprint density at radius 2 is 1.77 bits per heavy atom. The third kappa shape index (κ3) is 6.43. The minimum absolute atomic E-state index is 0.126. The molecule has 1 N–H and O–H groups in total. The number of rotatable bonds is 8. The number of halogens is 2. The van der Waals surface area contributed by atoms with Crippen LogP contribution in [0.3, 0.4) is 0 Å². The SMILES string of the molecule is CCOc1ccc(N=Cc2cc(Br)cc(Br)c2OCC(=O)Nc2ccccc2)cc1. The molecule has 154 valence electrons. The summed E-state index contributed by atoms with van der Waals surface area (Å²) in [6.07, 6.45) is 1.70. The fourth-order valence-corrected chi connectivity index (χ4v) is 4.00. The molecule has 0 heterocycles. The molecule has 3 rings (SSSR count). The summed E-state index contributed by atoms with van der Waals surface area (Å²) < 4.78 is 12.8. The van der Waals surface area contributed by atoms with Gasteiger partial charge < -0.3 is 14.8 Å². The van der Waals surface area contributed by atoms with Gasteiger partial charge in [-0.15, -0.1) is 0 Å². The fraction of sp³-hybridized carbons (Fsp3) is 0.130. The second kappa shape index (κ2) is 10.9.